The van der Waals surface area contributed by atoms with E-state index in [2.05, 4.69) is 30.6 Å². The third-order valence-electron chi connectivity index (χ3n) is 7.12. The minimum atomic E-state index is -0.770. The molecule has 3 N–H and O–H groups in total. The summed E-state index contributed by atoms with van der Waals surface area (Å²) in [6.45, 7) is 5.48. The Bertz CT molecular complexity index is 1440. The molecule has 1 aliphatic heterocycles. The highest BCUT2D eigenvalue weighted by Gasteiger charge is 2.28. The van der Waals surface area contributed by atoms with Gasteiger partial charge < -0.3 is 25.0 Å². The molecule has 1 saturated carbocycles. The molecule has 0 radical (unpaired) electrons. The number of rotatable bonds is 6. The van der Waals surface area contributed by atoms with E-state index < -0.39 is 6.10 Å². The maximum atomic E-state index is 13.3. The molecule has 2 aliphatic rings. The van der Waals surface area contributed by atoms with Crippen molar-refractivity contribution in [3.8, 4) is 0 Å². The van der Waals surface area contributed by atoms with Gasteiger partial charge in [-0.1, -0.05) is 0 Å². The number of nitrogens with one attached hydrogen (secondary N) is 2. The van der Waals surface area contributed by atoms with E-state index in [-0.39, 0.29) is 5.91 Å². The molecule has 1 atom stereocenters. The van der Waals surface area contributed by atoms with Gasteiger partial charge in [-0.25, -0.2) is 9.97 Å². The van der Waals surface area contributed by atoms with E-state index in [0.717, 1.165) is 48.7 Å². The van der Waals surface area contributed by atoms with Crippen LogP contribution in [0.1, 0.15) is 60.5 Å². The lowest BCUT2D eigenvalue weighted by molar-refractivity contribution is 0.102. The van der Waals surface area contributed by atoms with Crippen molar-refractivity contribution >= 4 is 34.0 Å². The fraction of sp³-hybridized carbons (Fsp3) is 0.462. The normalized spacial score (nSPS) is 17.7. The number of aliphatic hydroxyl groups is 1. The molecule has 6 rings (SSSR count). The second kappa shape index (κ2) is 8.86. The Morgan fingerprint density at radius 2 is 1.83 bits per heavy atom. The lowest BCUT2D eigenvalue weighted by Crippen LogP contribution is -2.43. The van der Waals surface area contributed by atoms with Crippen molar-refractivity contribution in [2.45, 2.75) is 57.7 Å². The van der Waals surface area contributed by atoms with Crippen LogP contribution in [-0.2, 0) is 7.05 Å². The van der Waals surface area contributed by atoms with Gasteiger partial charge >= 0.3 is 0 Å². The highest BCUT2D eigenvalue weighted by molar-refractivity contribution is 6.13. The topological polar surface area (TPSA) is 113 Å². The molecule has 188 valence electrons. The molecule has 1 aliphatic carbocycles. The second-order valence-corrected chi connectivity index (χ2v) is 10.2. The van der Waals surface area contributed by atoms with Crippen LogP contribution in [0.4, 0.5) is 11.5 Å². The predicted octanol–water partition coefficient (Wildman–Crippen LogP) is 2.95. The Labute approximate surface area is 209 Å². The Hall–Kier alpha value is -3.50. The van der Waals surface area contributed by atoms with Gasteiger partial charge in [-0.2, -0.15) is 5.10 Å². The van der Waals surface area contributed by atoms with E-state index in [1.165, 1.54) is 12.8 Å². The Kier molecular flexibility index (Phi) is 5.65. The van der Waals surface area contributed by atoms with Gasteiger partial charge in [0, 0.05) is 55.7 Å². The first-order valence-electron chi connectivity index (χ1n) is 12.7. The summed E-state index contributed by atoms with van der Waals surface area (Å²) in [4.78, 5) is 24.7. The average Bonchev–Trinajstić information content (AvgIpc) is 3.43. The number of nitrogens with zero attached hydrogens (tertiary/aromatic N) is 6. The molecule has 10 nitrogen and oxygen atoms in total. The highest BCUT2D eigenvalue weighted by atomic mass is 16.3. The number of anilines is 2. The molecular weight excluding hydrogens is 456 g/mol. The van der Waals surface area contributed by atoms with Crippen molar-refractivity contribution in [1.29, 1.82) is 0 Å². The van der Waals surface area contributed by atoms with Crippen LogP contribution in [0.15, 0.2) is 30.7 Å². The molecule has 0 bridgehead atoms. The summed E-state index contributed by atoms with van der Waals surface area (Å²) in [6, 6.07) is 5.23. The summed E-state index contributed by atoms with van der Waals surface area (Å²) >= 11 is 0. The van der Waals surface area contributed by atoms with Gasteiger partial charge in [0.2, 0.25) is 0 Å². The number of aryl methyl sites for hydroxylation is 2. The lowest BCUT2D eigenvalue weighted by atomic mass is 10.0. The van der Waals surface area contributed by atoms with Gasteiger partial charge in [-0.3, -0.25) is 9.48 Å². The first-order valence-corrected chi connectivity index (χ1v) is 12.7. The molecule has 4 heterocycles. The van der Waals surface area contributed by atoms with Crippen molar-refractivity contribution in [2.75, 3.05) is 23.3 Å². The SMILES string of the molecule is Cc1cn2cc(NC(=O)c3ccc(N4CCC(NC5CC5)CC4)c4cn(C)nc34)nc2c(C(C)O)n1. The van der Waals surface area contributed by atoms with Crippen LogP contribution in [0, 0.1) is 6.92 Å². The van der Waals surface area contributed by atoms with Crippen LogP contribution in [-0.4, -0.2) is 60.3 Å². The van der Waals surface area contributed by atoms with Gasteiger partial charge in [0.15, 0.2) is 11.5 Å². The average molecular weight is 489 g/mol. The minimum Gasteiger partial charge on any atom is -0.387 e. The molecule has 3 aromatic heterocycles. The second-order valence-electron chi connectivity index (χ2n) is 10.2. The zero-order valence-electron chi connectivity index (χ0n) is 20.9. The number of aromatic nitrogens is 5. The quantitative estimate of drug-likeness (QED) is 0.382. The summed E-state index contributed by atoms with van der Waals surface area (Å²) in [6.07, 6.45) is 9.64. The first-order chi connectivity index (χ1) is 17.4. The Morgan fingerprint density at radius 1 is 1.08 bits per heavy atom. The summed E-state index contributed by atoms with van der Waals surface area (Å²) in [7, 11) is 1.88. The van der Waals surface area contributed by atoms with Gasteiger partial charge in [-0.05, 0) is 51.7 Å². The number of piperidine rings is 1. The molecular formula is C26H32N8O2. The van der Waals surface area contributed by atoms with Gasteiger partial charge in [0.1, 0.15) is 11.2 Å². The molecule has 36 heavy (non-hydrogen) atoms. The number of benzene rings is 1. The number of carbonyl (C=O) groups is 1. The predicted molar refractivity (Wildman–Crippen MR) is 138 cm³/mol. The van der Waals surface area contributed by atoms with Crippen LogP contribution in [0.25, 0.3) is 16.6 Å². The third-order valence-corrected chi connectivity index (χ3v) is 7.12. The van der Waals surface area contributed by atoms with Crippen LogP contribution in [0.5, 0.6) is 0 Å². The fourth-order valence-corrected chi connectivity index (χ4v) is 5.21. The first kappa shape index (κ1) is 22.9. The van der Waals surface area contributed by atoms with Gasteiger partial charge in [0.05, 0.1) is 23.6 Å². The molecule has 1 unspecified atom stereocenters. The fourth-order valence-electron chi connectivity index (χ4n) is 5.21. The monoisotopic (exact) mass is 488 g/mol. The van der Waals surface area contributed by atoms with E-state index in [0.29, 0.717) is 34.3 Å². The number of carbonyl (C=O) groups excluding carboxylic acids is 1. The smallest absolute Gasteiger partial charge is 0.259 e. The maximum Gasteiger partial charge on any atom is 0.259 e. The van der Waals surface area contributed by atoms with Crippen molar-refractivity contribution in [3.05, 3.63) is 47.7 Å². The molecule has 2 fully saturated rings. The van der Waals surface area contributed by atoms with Gasteiger partial charge in [0.25, 0.3) is 5.91 Å². The standard InChI is InChI=1S/C26H32N8O2/c1-15-12-34-14-22(29-25(34)23(27-15)16(2)35)30-26(36)19-6-7-21(20-13-32(3)31-24(19)20)33-10-8-18(9-11-33)28-17-4-5-17/h6-7,12-14,16-18,28,35H,4-5,8-11H2,1-3H3,(H,30,36). The van der Waals surface area contributed by atoms with E-state index >= 15 is 0 Å². The number of amides is 1. The van der Waals surface area contributed by atoms with E-state index in [1.54, 1.807) is 22.2 Å². The molecule has 1 aromatic carbocycles. The zero-order chi connectivity index (χ0) is 25.0. The van der Waals surface area contributed by atoms with Crippen LogP contribution < -0.4 is 15.5 Å². The van der Waals surface area contributed by atoms with E-state index in [1.807, 2.05) is 38.5 Å². The largest absolute Gasteiger partial charge is 0.387 e. The molecule has 1 saturated heterocycles. The lowest BCUT2D eigenvalue weighted by Gasteiger charge is -2.34. The van der Waals surface area contributed by atoms with Crippen LogP contribution >= 0.6 is 0 Å². The summed E-state index contributed by atoms with van der Waals surface area (Å²) in [5, 5.41) is 22.4. The highest BCUT2D eigenvalue weighted by Crippen LogP contribution is 2.32. The van der Waals surface area contributed by atoms with Crippen LogP contribution in [0.3, 0.4) is 0 Å². The molecule has 4 aromatic rings. The van der Waals surface area contributed by atoms with E-state index in [9.17, 15) is 9.90 Å². The Balaban J connectivity index is 1.26. The van der Waals surface area contributed by atoms with Crippen molar-refractivity contribution < 1.29 is 9.90 Å². The number of aliphatic hydroxyl groups excluding tert-OH is 1. The maximum absolute atomic E-state index is 13.3. The van der Waals surface area contributed by atoms with Crippen molar-refractivity contribution in [3.63, 3.8) is 0 Å². The van der Waals surface area contributed by atoms with Gasteiger partial charge in [-0.15, -0.1) is 0 Å². The zero-order valence-corrected chi connectivity index (χ0v) is 20.9. The third kappa shape index (κ3) is 4.31. The summed E-state index contributed by atoms with van der Waals surface area (Å²) in [5.41, 5.74) is 4.05. The van der Waals surface area contributed by atoms with Crippen LogP contribution in [0.2, 0.25) is 0 Å². The molecule has 10 heteroatoms. The van der Waals surface area contributed by atoms with E-state index in [4.69, 9.17) is 0 Å². The molecule has 0 spiro atoms. The number of fused-ring (bicyclic) bond motifs is 2. The van der Waals surface area contributed by atoms with Crippen molar-refractivity contribution in [1.82, 2.24) is 29.5 Å². The summed E-state index contributed by atoms with van der Waals surface area (Å²) in [5.74, 6) is 0.122. The minimum absolute atomic E-state index is 0.274. The number of hydrogen-bond donors (Lipinski definition) is 3. The summed E-state index contributed by atoms with van der Waals surface area (Å²) < 4.78 is 3.54. The Morgan fingerprint density at radius 3 is 2.56 bits per heavy atom. The van der Waals surface area contributed by atoms with Crippen molar-refractivity contribution in [2.24, 2.45) is 7.05 Å². The number of hydrogen-bond acceptors (Lipinski definition) is 7. The number of imidazole rings is 1. The molecule has 1 amide bonds.